The van der Waals surface area contributed by atoms with Crippen LogP contribution in [0.25, 0.3) is 0 Å². The number of pyridine rings is 1. The Morgan fingerprint density at radius 1 is 1.20 bits per heavy atom. The van der Waals surface area contributed by atoms with Gasteiger partial charge in [0.2, 0.25) is 5.91 Å². The van der Waals surface area contributed by atoms with Crippen molar-refractivity contribution in [1.82, 2.24) is 10.3 Å². The van der Waals surface area contributed by atoms with Crippen molar-refractivity contribution in [2.24, 2.45) is 5.73 Å². The van der Waals surface area contributed by atoms with E-state index >= 15 is 0 Å². The van der Waals surface area contributed by atoms with Gasteiger partial charge in [0.1, 0.15) is 0 Å². The largest absolute Gasteiger partial charge is 0.351 e. The summed E-state index contributed by atoms with van der Waals surface area (Å²) in [6, 6.07) is 10.2. The topological polar surface area (TPSA) is 97.1 Å². The van der Waals surface area contributed by atoms with Crippen LogP contribution < -0.4 is 16.4 Å². The number of halogens is 1. The van der Waals surface area contributed by atoms with Gasteiger partial charge in [0.25, 0.3) is 5.91 Å². The lowest BCUT2D eigenvalue weighted by molar-refractivity contribution is -0.122. The molecule has 2 amide bonds. The Balaban J connectivity index is 0.00000312. The quantitative estimate of drug-likeness (QED) is 0.704. The molecular weight excluding hydrogens is 340 g/mol. The highest BCUT2D eigenvalue weighted by Gasteiger charge is 2.11. The molecular formula is C18H23ClN4O2. The van der Waals surface area contributed by atoms with Gasteiger partial charge in [-0.15, -0.1) is 12.4 Å². The number of carbonyl (C=O) groups excluding carboxylic acids is 2. The number of nitrogens with one attached hydrogen (secondary N) is 2. The molecule has 2 rings (SSSR count). The summed E-state index contributed by atoms with van der Waals surface area (Å²) < 4.78 is 0. The smallest absolute Gasteiger partial charge is 0.257 e. The summed E-state index contributed by atoms with van der Waals surface area (Å²) in [5.74, 6) is -0.361. The summed E-state index contributed by atoms with van der Waals surface area (Å²) in [5, 5.41) is 5.61. The third kappa shape index (κ3) is 6.52. The third-order valence-corrected chi connectivity index (χ3v) is 3.54. The molecule has 0 radical (unpaired) electrons. The minimum Gasteiger partial charge on any atom is -0.351 e. The number of rotatable bonds is 7. The van der Waals surface area contributed by atoms with Crippen LogP contribution >= 0.6 is 12.4 Å². The number of aromatic nitrogens is 1. The zero-order valence-electron chi connectivity index (χ0n) is 14.1. The first-order valence-electron chi connectivity index (χ1n) is 7.93. The van der Waals surface area contributed by atoms with Crippen molar-refractivity contribution < 1.29 is 9.59 Å². The minimum absolute atomic E-state index is 0. The number of benzene rings is 1. The van der Waals surface area contributed by atoms with E-state index in [-0.39, 0.29) is 24.2 Å². The molecule has 0 fully saturated rings. The van der Waals surface area contributed by atoms with Crippen LogP contribution in [0.3, 0.4) is 0 Å². The maximum Gasteiger partial charge on any atom is 0.257 e. The maximum absolute atomic E-state index is 12.0. The van der Waals surface area contributed by atoms with Gasteiger partial charge in [-0.05, 0) is 36.2 Å². The second-order valence-corrected chi connectivity index (χ2v) is 5.51. The Kier molecular flexibility index (Phi) is 8.60. The van der Waals surface area contributed by atoms with E-state index in [0.717, 1.165) is 12.0 Å². The summed E-state index contributed by atoms with van der Waals surface area (Å²) >= 11 is 0. The molecule has 0 bridgehead atoms. The van der Waals surface area contributed by atoms with Gasteiger partial charge in [-0.3, -0.25) is 14.6 Å². The summed E-state index contributed by atoms with van der Waals surface area (Å²) in [7, 11) is 0. The predicted molar refractivity (Wildman–Crippen MR) is 101 cm³/mol. The van der Waals surface area contributed by atoms with Crippen LogP contribution in [0.4, 0.5) is 5.69 Å². The zero-order valence-corrected chi connectivity index (χ0v) is 14.9. The van der Waals surface area contributed by atoms with Crippen molar-refractivity contribution in [2.75, 3.05) is 5.32 Å². The fourth-order valence-corrected chi connectivity index (χ4v) is 2.17. The molecule has 7 heteroatoms. The number of carbonyl (C=O) groups is 2. The molecule has 0 saturated carbocycles. The molecule has 1 aromatic carbocycles. The van der Waals surface area contributed by atoms with Crippen LogP contribution in [0, 0.1) is 0 Å². The van der Waals surface area contributed by atoms with Gasteiger partial charge >= 0.3 is 0 Å². The Morgan fingerprint density at radius 2 is 1.92 bits per heavy atom. The minimum atomic E-state index is -0.465. The monoisotopic (exact) mass is 362 g/mol. The molecule has 1 heterocycles. The van der Waals surface area contributed by atoms with Crippen LogP contribution in [0.2, 0.25) is 0 Å². The summed E-state index contributed by atoms with van der Waals surface area (Å²) in [5.41, 5.74) is 7.88. The van der Waals surface area contributed by atoms with E-state index in [1.165, 1.54) is 6.20 Å². The van der Waals surface area contributed by atoms with E-state index in [0.29, 0.717) is 24.2 Å². The van der Waals surface area contributed by atoms with Crippen LogP contribution in [0.15, 0.2) is 48.8 Å². The molecule has 0 saturated heterocycles. The molecule has 0 aliphatic carbocycles. The number of nitrogens with zero attached hydrogens (tertiary/aromatic N) is 1. The molecule has 2 aromatic rings. The van der Waals surface area contributed by atoms with Crippen molar-refractivity contribution in [3.05, 3.63) is 59.9 Å². The number of hydrogen-bond donors (Lipinski definition) is 3. The lowest BCUT2D eigenvalue weighted by atomic mass is 10.1. The highest BCUT2D eigenvalue weighted by molar-refractivity contribution is 6.04. The Morgan fingerprint density at radius 3 is 2.52 bits per heavy atom. The second-order valence-electron chi connectivity index (χ2n) is 5.51. The van der Waals surface area contributed by atoms with Crippen LogP contribution in [-0.4, -0.2) is 22.8 Å². The van der Waals surface area contributed by atoms with Gasteiger partial charge in [0.05, 0.1) is 11.6 Å². The van der Waals surface area contributed by atoms with Crippen LogP contribution in [0.1, 0.15) is 35.7 Å². The molecule has 0 aliphatic rings. The van der Waals surface area contributed by atoms with E-state index < -0.39 is 6.04 Å². The average molecular weight is 363 g/mol. The average Bonchev–Trinajstić information content (AvgIpc) is 2.61. The summed E-state index contributed by atoms with van der Waals surface area (Å²) in [6.45, 7) is 2.40. The van der Waals surface area contributed by atoms with E-state index in [1.807, 2.05) is 19.1 Å². The zero-order chi connectivity index (χ0) is 17.4. The first-order valence-corrected chi connectivity index (χ1v) is 7.93. The van der Waals surface area contributed by atoms with Gasteiger partial charge < -0.3 is 16.4 Å². The normalized spacial score (nSPS) is 11.1. The highest BCUT2D eigenvalue weighted by atomic mass is 35.5. The number of nitrogens with two attached hydrogens (primary N) is 1. The number of anilines is 1. The SMILES string of the molecule is CCCC(N)C(=O)NCc1ccc(NC(=O)c2cccnc2)cc1.Cl. The number of amides is 2. The molecule has 1 unspecified atom stereocenters. The molecule has 4 N–H and O–H groups in total. The van der Waals surface area contributed by atoms with Crippen LogP contribution in [-0.2, 0) is 11.3 Å². The maximum atomic E-state index is 12.0. The Hall–Kier alpha value is -2.44. The van der Waals surface area contributed by atoms with E-state index in [4.69, 9.17) is 5.73 Å². The Labute approximate surface area is 153 Å². The molecule has 25 heavy (non-hydrogen) atoms. The molecule has 0 spiro atoms. The van der Waals surface area contributed by atoms with Crippen molar-refractivity contribution in [3.8, 4) is 0 Å². The van der Waals surface area contributed by atoms with Gasteiger partial charge in [-0.2, -0.15) is 0 Å². The third-order valence-electron chi connectivity index (χ3n) is 3.54. The molecule has 1 atom stereocenters. The van der Waals surface area contributed by atoms with Crippen molar-refractivity contribution in [1.29, 1.82) is 0 Å². The Bertz CT molecular complexity index is 677. The van der Waals surface area contributed by atoms with Gasteiger partial charge in [0.15, 0.2) is 0 Å². The fraction of sp³-hybridized carbons (Fsp3) is 0.278. The van der Waals surface area contributed by atoms with E-state index in [1.54, 1.807) is 30.5 Å². The van der Waals surface area contributed by atoms with Crippen molar-refractivity contribution in [2.45, 2.75) is 32.4 Å². The molecule has 6 nitrogen and oxygen atoms in total. The highest BCUT2D eigenvalue weighted by Crippen LogP contribution is 2.11. The summed E-state index contributed by atoms with van der Waals surface area (Å²) in [4.78, 5) is 27.7. The molecule has 0 aliphatic heterocycles. The van der Waals surface area contributed by atoms with E-state index in [9.17, 15) is 9.59 Å². The standard InChI is InChI=1S/C18H22N4O2.ClH/c1-2-4-16(19)18(24)21-11-13-6-8-15(9-7-13)22-17(23)14-5-3-10-20-12-14;/h3,5-10,12,16H,2,4,11,19H2,1H3,(H,21,24)(H,22,23);1H. The first-order chi connectivity index (χ1) is 11.6. The lowest BCUT2D eigenvalue weighted by Gasteiger charge is -2.11. The predicted octanol–water partition coefficient (Wildman–Crippen LogP) is 2.50. The van der Waals surface area contributed by atoms with Gasteiger partial charge in [-0.25, -0.2) is 0 Å². The lowest BCUT2D eigenvalue weighted by Crippen LogP contribution is -2.40. The molecule has 1 aromatic heterocycles. The second kappa shape index (κ2) is 10.4. The number of hydrogen-bond acceptors (Lipinski definition) is 4. The molecule has 134 valence electrons. The fourth-order valence-electron chi connectivity index (χ4n) is 2.17. The van der Waals surface area contributed by atoms with Crippen molar-refractivity contribution in [3.63, 3.8) is 0 Å². The van der Waals surface area contributed by atoms with Gasteiger partial charge in [-0.1, -0.05) is 25.5 Å². The van der Waals surface area contributed by atoms with E-state index in [2.05, 4.69) is 15.6 Å². The van der Waals surface area contributed by atoms with Crippen molar-refractivity contribution >= 4 is 29.9 Å². The van der Waals surface area contributed by atoms with Gasteiger partial charge in [0, 0.05) is 24.6 Å². The van der Waals surface area contributed by atoms with Crippen LogP contribution in [0.5, 0.6) is 0 Å². The summed E-state index contributed by atoms with van der Waals surface area (Å²) in [6.07, 6.45) is 4.68. The first kappa shape index (κ1) is 20.6.